The van der Waals surface area contributed by atoms with Crippen LogP contribution in [0, 0.1) is 0 Å². The molecule has 0 aliphatic rings. The van der Waals surface area contributed by atoms with Crippen molar-refractivity contribution in [3.63, 3.8) is 0 Å². The number of hydrogen-bond acceptors (Lipinski definition) is 9. The van der Waals surface area contributed by atoms with Gasteiger partial charge in [0.1, 0.15) is 0 Å². The third-order valence-electron chi connectivity index (χ3n) is 8.42. The molecule has 7 aromatic rings. The van der Waals surface area contributed by atoms with Gasteiger partial charge in [-0.1, -0.05) is 77.9 Å². The van der Waals surface area contributed by atoms with Gasteiger partial charge in [-0.05, 0) is 89.0 Å². The summed E-state index contributed by atoms with van der Waals surface area (Å²) in [6, 6.07) is 30.1. The number of rotatable bonds is 9. The fourth-order valence-corrected chi connectivity index (χ4v) is 5.40. The highest BCUT2D eigenvalue weighted by molar-refractivity contribution is 5.74. The first-order chi connectivity index (χ1) is 23.2. The first-order valence-electron chi connectivity index (χ1n) is 16.2. The zero-order chi connectivity index (χ0) is 33.4. The van der Waals surface area contributed by atoms with Gasteiger partial charge >= 0.3 is 0 Å². The zero-order valence-corrected chi connectivity index (χ0v) is 27.8. The summed E-state index contributed by atoms with van der Waals surface area (Å²) in [7, 11) is 0. The van der Waals surface area contributed by atoms with E-state index in [2.05, 4.69) is 109 Å². The molecule has 3 heterocycles. The first-order valence-corrected chi connectivity index (χ1v) is 16.2. The van der Waals surface area contributed by atoms with Gasteiger partial charge in [0.05, 0.1) is 0 Å². The molecule has 0 fully saturated rings. The molecule has 240 valence electrons. The minimum absolute atomic E-state index is 0.328. The summed E-state index contributed by atoms with van der Waals surface area (Å²) in [6.07, 6.45) is 0. The van der Waals surface area contributed by atoms with Crippen LogP contribution in [0.3, 0.4) is 0 Å². The standard InChI is InChI=1S/C39H36N6O3/c1-22(2)25-7-13-28(14-8-25)34-40-43-37(46-34)31-19-32(38-44-41-35(47-38)29-15-9-26(10-16-29)23(3)4)21-33(20-31)39-45-42-36(48-39)30-17-11-27(12-18-30)24(5)6/h7-24H,1-6H3. The molecule has 4 aromatic carbocycles. The van der Waals surface area contributed by atoms with Gasteiger partial charge in [0.25, 0.3) is 0 Å². The molecule has 0 amide bonds. The summed E-state index contributed by atoms with van der Waals surface area (Å²) < 4.78 is 18.6. The normalized spacial score (nSPS) is 11.7. The molecule has 9 heteroatoms. The van der Waals surface area contributed by atoms with Crippen molar-refractivity contribution < 1.29 is 13.3 Å². The lowest BCUT2D eigenvalue weighted by Crippen LogP contribution is -1.87. The highest BCUT2D eigenvalue weighted by Gasteiger charge is 2.20. The minimum Gasteiger partial charge on any atom is -0.416 e. The Balaban J connectivity index is 1.27. The molecule has 0 radical (unpaired) electrons. The fraction of sp³-hybridized carbons (Fsp3) is 0.231. The summed E-state index contributed by atoms with van der Waals surface area (Å²) in [5, 5.41) is 26.2. The lowest BCUT2D eigenvalue weighted by atomic mass is 10.0. The maximum Gasteiger partial charge on any atom is 0.248 e. The molecule has 0 spiro atoms. The molecule has 0 aliphatic heterocycles. The minimum atomic E-state index is 0.328. The van der Waals surface area contributed by atoms with E-state index in [9.17, 15) is 0 Å². The molecule has 0 atom stereocenters. The smallest absolute Gasteiger partial charge is 0.248 e. The van der Waals surface area contributed by atoms with Crippen molar-refractivity contribution in [3.05, 3.63) is 108 Å². The van der Waals surface area contributed by atoms with E-state index in [4.69, 9.17) is 13.3 Å². The molecule has 3 aromatic heterocycles. The fourth-order valence-electron chi connectivity index (χ4n) is 5.40. The maximum atomic E-state index is 6.19. The average Bonchev–Trinajstić information content (AvgIpc) is 3.90. The molecular weight excluding hydrogens is 600 g/mol. The van der Waals surface area contributed by atoms with Crippen LogP contribution in [0.5, 0.6) is 0 Å². The van der Waals surface area contributed by atoms with E-state index in [1.165, 1.54) is 16.7 Å². The van der Waals surface area contributed by atoms with E-state index in [0.717, 1.165) is 16.7 Å². The summed E-state index contributed by atoms with van der Waals surface area (Å²) in [5.41, 5.74) is 8.14. The van der Waals surface area contributed by atoms with E-state index < -0.39 is 0 Å². The predicted molar refractivity (Wildman–Crippen MR) is 185 cm³/mol. The van der Waals surface area contributed by atoms with Crippen molar-refractivity contribution in [3.8, 4) is 68.7 Å². The molecule has 0 saturated heterocycles. The third kappa shape index (κ3) is 6.31. The topological polar surface area (TPSA) is 117 Å². The molecule has 7 rings (SSSR count). The Morgan fingerprint density at radius 3 is 0.729 bits per heavy atom. The van der Waals surface area contributed by atoms with Gasteiger partial charge in [-0.2, -0.15) is 0 Å². The van der Waals surface area contributed by atoms with Crippen LogP contribution >= 0.6 is 0 Å². The molecule has 0 unspecified atom stereocenters. The van der Waals surface area contributed by atoms with Crippen LogP contribution < -0.4 is 0 Å². The number of aromatic nitrogens is 6. The first kappa shape index (κ1) is 30.9. The molecule has 0 bridgehead atoms. The van der Waals surface area contributed by atoms with Crippen LogP contribution in [0.15, 0.2) is 104 Å². The number of benzene rings is 4. The van der Waals surface area contributed by atoms with E-state index in [1.807, 2.05) is 54.6 Å². The van der Waals surface area contributed by atoms with Crippen molar-refractivity contribution in [2.24, 2.45) is 0 Å². The summed E-state index contributed by atoms with van der Waals surface area (Å²) >= 11 is 0. The van der Waals surface area contributed by atoms with Crippen LogP contribution in [0.1, 0.15) is 76.0 Å². The van der Waals surface area contributed by atoms with Crippen LogP contribution in [-0.4, -0.2) is 30.6 Å². The molecule has 9 nitrogen and oxygen atoms in total. The van der Waals surface area contributed by atoms with Gasteiger partial charge in [0, 0.05) is 33.4 Å². The molecule has 0 aliphatic carbocycles. The van der Waals surface area contributed by atoms with Gasteiger partial charge in [0.15, 0.2) is 0 Å². The second-order valence-corrected chi connectivity index (χ2v) is 12.9. The van der Waals surface area contributed by atoms with E-state index in [0.29, 0.717) is 69.8 Å². The SMILES string of the molecule is CC(C)c1ccc(-c2nnc(-c3cc(-c4nnc(-c5ccc(C(C)C)cc5)o4)cc(-c4nnc(-c5ccc(C(C)C)cc5)o4)c3)o2)cc1. The Labute approximate surface area is 279 Å². The monoisotopic (exact) mass is 636 g/mol. The van der Waals surface area contributed by atoms with Crippen LogP contribution in [-0.2, 0) is 0 Å². The highest BCUT2D eigenvalue weighted by atomic mass is 16.4. The predicted octanol–water partition coefficient (Wildman–Crippen LogP) is 10.2. The van der Waals surface area contributed by atoms with E-state index in [-0.39, 0.29) is 0 Å². The van der Waals surface area contributed by atoms with E-state index >= 15 is 0 Å². The lowest BCUT2D eigenvalue weighted by molar-refractivity contribution is 0.580. The Bertz CT molecular complexity index is 1900. The Hall–Kier alpha value is -5.70. The number of hydrogen-bond donors (Lipinski definition) is 0. The van der Waals surface area contributed by atoms with Crippen LogP contribution in [0.4, 0.5) is 0 Å². The Morgan fingerprint density at radius 1 is 0.312 bits per heavy atom. The third-order valence-corrected chi connectivity index (χ3v) is 8.42. The van der Waals surface area contributed by atoms with Gasteiger partial charge in [-0.3, -0.25) is 0 Å². The van der Waals surface area contributed by atoms with E-state index in [1.54, 1.807) is 0 Å². The Kier molecular flexibility index (Phi) is 8.27. The van der Waals surface area contributed by atoms with Gasteiger partial charge < -0.3 is 13.3 Å². The summed E-state index contributed by atoms with van der Waals surface area (Å²) in [6.45, 7) is 13.0. The molecule has 48 heavy (non-hydrogen) atoms. The average molecular weight is 637 g/mol. The van der Waals surface area contributed by atoms with Crippen LogP contribution in [0.2, 0.25) is 0 Å². The van der Waals surface area contributed by atoms with Crippen LogP contribution in [0.25, 0.3) is 68.7 Å². The number of nitrogens with zero attached hydrogens (tertiary/aromatic N) is 6. The Morgan fingerprint density at radius 2 is 0.521 bits per heavy atom. The van der Waals surface area contributed by atoms with Gasteiger partial charge in [-0.25, -0.2) is 0 Å². The molecular formula is C39H36N6O3. The van der Waals surface area contributed by atoms with Crippen molar-refractivity contribution in [1.82, 2.24) is 30.6 Å². The van der Waals surface area contributed by atoms with Crippen molar-refractivity contribution in [1.29, 1.82) is 0 Å². The van der Waals surface area contributed by atoms with Gasteiger partial charge in [0.2, 0.25) is 35.3 Å². The summed E-state index contributed by atoms with van der Waals surface area (Å²) in [5.74, 6) is 3.51. The highest BCUT2D eigenvalue weighted by Crippen LogP contribution is 2.35. The van der Waals surface area contributed by atoms with Gasteiger partial charge in [-0.15, -0.1) is 30.6 Å². The second-order valence-electron chi connectivity index (χ2n) is 12.9. The maximum absolute atomic E-state index is 6.19. The van der Waals surface area contributed by atoms with Crippen molar-refractivity contribution in [2.75, 3.05) is 0 Å². The second kappa shape index (κ2) is 12.8. The molecule has 0 N–H and O–H groups in total. The van der Waals surface area contributed by atoms with Crippen molar-refractivity contribution in [2.45, 2.75) is 59.3 Å². The zero-order valence-electron chi connectivity index (χ0n) is 27.8. The largest absolute Gasteiger partial charge is 0.416 e. The van der Waals surface area contributed by atoms with Crippen molar-refractivity contribution >= 4 is 0 Å². The summed E-state index contributed by atoms with van der Waals surface area (Å²) in [4.78, 5) is 0. The lowest BCUT2D eigenvalue weighted by Gasteiger charge is -2.05. The molecule has 0 saturated carbocycles. The quantitative estimate of drug-likeness (QED) is 0.152.